The average Bonchev–Trinajstić information content (AvgIpc) is 2.13. The first kappa shape index (κ1) is 11.3. The van der Waals surface area contributed by atoms with Gasteiger partial charge in [0.25, 0.3) is 0 Å². The molecule has 0 unspecified atom stereocenters. The summed E-state index contributed by atoms with van der Waals surface area (Å²) in [4.78, 5) is 3.64. The number of hydrogen-bond acceptors (Lipinski definition) is 1. The Morgan fingerprint density at radius 1 is 1.36 bits per heavy atom. The minimum atomic E-state index is -0.577. The van der Waals surface area contributed by atoms with E-state index in [0.29, 0.717) is 0 Å². The second-order valence-corrected chi connectivity index (χ2v) is 4.04. The van der Waals surface area contributed by atoms with E-state index in [0.717, 1.165) is 24.7 Å². The molecule has 0 bridgehead atoms. The van der Waals surface area contributed by atoms with E-state index >= 15 is 0 Å². The van der Waals surface area contributed by atoms with Crippen molar-refractivity contribution in [1.29, 1.82) is 0 Å². The molecule has 0 saturated carbocycles. The van der Waals surface area contributed by atoms with Crippen molar-refractivity contribution < 1.29 is 33.5 Å². The maximum absolute atomic E-state index is 13.3. The molecule has 1 aromatic rings. The second kappa shape index (κ2) is 4.64. The van der Waals surface area contributed by atoms with Gasteiger partial charge in [0, 0.05) is 0 Å². The van der Waals surface area contributed by atoms with Gasteiger partial charge in [-0.3, -0.25) is 0 Å². The Hall–Kier alpha value is -0.767. The van der Waals surface area contributed by atoms with Gasteiger partial charge in [-0.1, -0.05) is 0 Å². The number of benzene rings is 1. The minimum absolute atomic E-state index is 0.0320. The third kappa shape index (κ3) is 2.61. The Morgan fingerprint density at radius 2 is 2.00 bits per heavy atom. The fourth-order valence-electron chi connectivity index (χ4n) is 0.864. The van der Waals surface area contributed by atoms with Crippen LogP contribution in [0.25, 0.3) is 0 Å². The van der Waals surface area contributed by atoms with Crippen molar-refractivity contribution in [1.82, 2.24) is 0 Å². The van der Waals surface area contributed by atoms with Gasteiger partial charge in [0.1, 0.15) is 0 Å². The fraction of sp³-hybridized carbons (Fsp3) is 0.125. The molecule has 0 atom stereocenters. The van der Waals surface area contributed by atoms with Crippen molar-refractivity contribution in [2.45, 2.75) is 6.54 Å². The van der Waals surface area contributed by atoms with E-state index in [1.807, 2.05) is 0 Å². The molecule has 4 N–H and O–H groups in total. The van der Waals surface area contributed by atoms with Crippen molar-refractivity contribution in [3.63, 3.8) is 0 Å². The molecule has 0 radical (unpaired) electrons. The van der Waals surface area contributed by atoms with Crippen LogP contribution in [0.15, 0.2) is 17.1 Å². The van der Waals surface area contributed by atoms with Gasteiger partial charge >= 0.3 is 95.1 Å². The predicted octanol–water partition coefficient (Wildman–Crippen LogP) is -0.0872. The Bertz CT molecular complexity index is 375. The van der Waals surface area contributed by atoms with Crippen LogP contribution in [0.5, 0.6) is 0 Å². The van der Waals surface area contributed by atoms with Gasteiger partial charge in [0.2, 0.25) is 0 Å². The second-order valence-electron chi connectivity index (χ2n) is 2.58. The summed E-state index contributed by atoms with van der Waals surface area (Å²) in [6.07, 6.45) is 0. The van der Waals surface area contributed by atoms with E-state index in [-0.39, 0.29) is 21.3 Å². The molecule has 6 heteroatoms. The first-order valence-corrected chi connectivity index (χ1v) is 5.17. The molecule has 0 aliphatic rings. The van der Waals surface area contributed by atoms with Crippen LogP contribution in [-0.2, 0) is 6.54 Å². The topological polar surface area (TPSA) is 64.4 Å². The average molecular weight is 395 g/mol. The van der Waals surface area contributed by atoms with Crippen molar-refractivity contribution in [2.24, 2.45) is 16.5 Å². The van der Waals surface area contributed by atoms with E-state index in [1.54, 1.807) is 0 Å². The molecule has 0 aliphatic heterocycles. The Morgan fingerprint density at radius 3 is 2.57 bits per heavy atom. The van der Waals surface area contributed by atoms with Gasteiger partial charge < -0.3 is 0 Å². The molecule has 0 saturated heterocycles. The summed E-state index contributed by atoms with van der Waals surface area (Å²) in [5.41, 5.74) is 10.5. The fourth-order valence-corrected chi connectivity index (χ4v) is 1.58. The molecule has 0 amide bonds. The summed E-state index contributed by atoms with van der Waals surface area (Å²) in [5, 5.41) is 0. The van der Waals surface area contributed by atoms with E-state index in [4.69, 9.17) is 11.5 Å². The number of halogens is 2. The zero-order valence-electron chi connectivity index (χ0n) is 7.10. The summed E-state index contributed by atoms with van der Waals surface area (Å²) < 4.78 is 26.2. The van der Waals surface area contributed by atoms with Crippen molar-refractivity contribution >= 4 is 9.23 Å². The number of aliphatic imine (C=N–C) groups is 1. The van der Waals surface area contributed by atoms with Crippen molar-refractivity contribution in [2.75, 3.05) is 0 Å². The van der Waals surface area contributed by atoms with Crippen LogP contribution >= 0.6 is 0 Å². The third-order valence-electron chi connectivity index (χ3n) is 1.55. The van der Waals surface area contributed by atoms with Gasteiger partial charge in [0.05, 0.1) is 0 Å². The molecule has 1 aromatic carbocycles. The molecule has 0 spiro atoms. The summed E-state index contributed by atoms with van der Waals surface area (Å²) in [5.74, 6) is -1.24. The zero-order chi connectivity index (χ0) is 10.7. The maximum atomic E-state index is 13.3. The number of hydrogen-bond donors (Lipinski definition) is 2. The van der Waals surface area contributed by atoms with E-state index in [2.05, 4.69) is 4.99 Å². The van der Waals surface area contributed by atoms with Crippen LogP contribution < -0.4 is 14.7 Å². The summed E-state index contributed by atoms with van der Waals surface area (Å²) in [6, 6.07) is 2.54. The number of nitrogens with zero attached hydrogens (tertiary/aromatic N) is 1. The van der Waals surface area contributed by atoms with Crippen LogP contribution in [0.2, 0.25) is 0 Å². The molecule has 76 valence electrons. The molecule has 0 aromatic heterocycles. The molecular weight excluding hydrogens is 387 g/mol. The first-order valence-electron chi connectivity index (χ1n) is 3.70. The van der Waals surface area contributed by atoms with Gasteiger partial charge in [-0.05, 0) is 0 Å². The standard InChI is InChI=1S/C8H8AtF2N3/c9-6-5(10)2-1-4(7(6)11)3-14-8(12)13/h1-2H,3H2,(H4,12,13,14)/i9+1. The molecule has 1 rings (SSSR count). The van der Waals surface area contributed by atoms with Gasteiger partial charge in [-0.25, -0.2) is 0 Å². The molecule has 0 heterocycles. The third-order valence-corrected chi connectivity index (χ3v) is 2.89. The summed E-state index contributed by atoms with van der Waals surface area (Å²) in [7, 11) is 0. The Balaban J connectivity index is 3.00. The van der Waals surface area contributed by atoms with Crippen molar-refractivity contribution in [3.8, 4) is 0 Å². The van der Waals surface area contributed by atoms with E-state index in [1.165, 1.54) is 12.1 Å². The van der Waals surface area contributed by atoms with Crippen LogP contribution in [-0.4, -0.2) is 5.96 Å². The van der Waals surface area contributed by atoms with Gasteiger partial charge in [0.15, 0.2) is 0 Å². The molecular formula is C8H8AtF2N3. The van der Waals surface area contributed by atoms with E-state index < -0.39 is 11.6 Å². The van der Waals surface area contributed by atoms with Gasteiger partial charge in [-0.15, -0.1) is 0 Å². The predicted molar refractivity (Wildman–Crippen MR) is 45.5 cm³/mol. The normalized spacial score (nSPS) is 9.93. The van der Waals surface area contributed by atoms with E-state index in [9.17, 15) is 8.78 Å². The molecule has 3 nitrogen and oxygen atoms in total. The molecule has 14 heavy (non-hydrogen) atoms. The Kier molecular flexibility index (Phi) is 3.75. The monoisotopic (exact) mass is 395 g/mol. The Labute approximate surface area is 95.0 Å². The molecule has 0 aliphatic carbocycles. The zero-order valence-corrected chi connectivity index (χ0v) is 10.0. The van der Waals surface area contributed by atoms with Crippen LogP contribution in [0.1, 0.15) is 5.56 Å². The van der Waals surface area contributed by atoms with Crippen molar-refractivity contribution in [3.05, 3.63) is 29.3 Å². The molecule has 0 fully saturated rings. The number of nitrogens with two attached hydrogens (primary N) is 2. The first-order chi connectivity index (χ1) is 6.52. The number of guanidine groups is 1. The quantitative estimate of drug-likeness (QED) is 0.544. The van der Waals surface area contributed by atoms with Crippen LogP contribution in [0, 0.1) is 36.4 Å². The SMILES string of the molecule is NC(N)=NCc1ccc(F)c([211At])c1F. The van der Waals surface area contributed by atoms with Crippen LogP contribution in [0.3, 0.4) is 0 Å². The van der Waals surface area contributed by atoms with Crippen LogP contribution in [0.4, 0.5) is 8.78 Å². The summed E-state index contributed by atoms with van der Waals surface area (Å²) in [6.45, 7) is 0.0320. The van der Waals surface area contributed by atoms with Gasteiger partial charge in [-0.2, -0.15) is 0 Å². The summed E-state index contributed by atoms with van der Waals surface area (Å²) >= 11 is 0.947. The number of rotatable bonds is 2.